The van der Waals surface area contributed by atoms with Crippen LogP contribution in [-0.2, 0) is 6.42 Å². The standard InChI is InChI=1S/C17H17N3O2S/c1-9-6-10(15-12(7-9)19-14(22-2)8-18-15)17-20-11-4-3-5-13(21)16(11)23-17/h6-8,13,21H,3-5H2,1-2H3. The minimum absolute atomic E-state index is 0.382. The van der Waals surface area contributed by atoms with E-state index in [4.69, 9.17) is 9.72 Å². The minimum Gasteiger partial charge on any atom is -0.480 e. The van der Waals surface area contributed by atoms with Gasteiger partial charge in [0.15, 0.2) is 0 Å². The Morgan fingerprint density at radius 2 is 2.17 bits per heavy atom. The van der Waals surface area contributed by atoms with Crippen molar-refractivity contribution >= 4 is 22.4 Å². The molecule has 6 heteroatoms. The van der Waals surface area contributed by atoms with Gasteiger partial charge in [0.1, 0.15) is 5.01 Å². The molecule has 0 spiro atoms. The van der Waals surface area contributed by atoms with Gasteiger partial charge in [0.2, 0.25) is 5.88 Å². The predicted molar refractivity (Wildman–Crippen MR) is 89.8 cm³/mol. The minimum atomic E-state index is -0.382. The fourth-order valence-electron chi connectivity index (χ4n) is 3.02. The van der Waals surface area contributed by atoms with E-state index in [1.165, 1.54) is 0 Å². The molecule has 1 atom stereocenters. The Kier molecular flexibility index (Phi) is 3.50. The van der Waals surface area contributed by atoms with Crippen LogP contribution >= 0.6 is 11.3 Å². The van der Waals surface area contributed by atoms with Gasteiger partial charge in [-0.1, -0.05) is 0 Å². The van der Waals surface area contributed by atoms with Gasteiger partial charge in [0.25, 0.3) is 0 Å². The van der Waals surface area contributed by atoms with Crippen molar-refractivity contribution in [2.75, 3.05) is 7.11 Å². The second-order valence-corrected chi connectivity index (χ2v) is 6.86. The molecule has 1 aromatic carbocycles. The summed E-state index contributed by atoms with van der Waals surface area (Å²) in [4.78, 5) is 14.8. The van der Waals surface area contributed by atoms with E-state index in [9.17, 15) is 5.11 Å². The molecule has 1 unspecified atom stereocenters. The lowest BCUT2D eigenvalue weighted by molar-refractivity contribution is 0.160. The molecule has 23 heavy (non-hydrogen) atoms. The first kappa shape index (κ1) is 14.5. The average Bonchev–Trinajstić information content (AvgIpc) is 2.99. The van der Waals surface area contributed by atoms with Crippen LogP contribution in [0.3, 0.4) is 0 Å². The number of fused-ring (bicyclic) bond motifs is 2. The van der Waals surface area contributed by atoms with Gasteiger partial charge in [-0.15, -0.1) is 11.3 Å². The van der Waals surface area contributed by atoms with Crippen molar-refractivity contribution in [3.63, 3.8) is 0 Å². The fourth-order valence-corrected chi connectivity index (χ4v) is 4.17. The highest BCUT2D eigenvalue weighted by Crippen LogP contribution is 2.39. The first-order valence-corrected chi connectivity index (χ1v) is 8.47. The van der Waals surface area contributed by atoms with Crippen LogP contribution in [0.2, 0.25) is 0 Å². The number of thiazole rings is 1. The van der Waals surface area contributed by atoms with Crippen LogP contribution in [0.1, 0.15) is 35.1 Å². The van der Waals surface area contributed by atoms with Crippen LogP contribution in [0, 0.1) is 6.92 Å². The summed E-state index contributed by atoms with van der Waals surface area (Å²) in [5.41, 5.74) is 4.72. The molecule has 118 valence electrons. The number of aliphatic hydroxyl groups is 1. The second kappa shape index (κ2) is 5.54. The van der Waals surface area contributed by atoms with Crippen LogP contribution in [0.5, 0.6) is 5.88 Å². The molecule has 4 rings (SSSR count). The van der Waals surface area contributed by atoms with E-state index < -0.39 is 0 Å². The fraction of sp³-hybridized carbons (Fsp3) is 0.353. The molecule has 0 aliphatic heterocycles. The van der Waals surface area contributed by atoms with Gasteiger partial charge >= 0.3 is 0 Å². The smallest absolute Gasteiger partial charge is 0.232 e. The van der Waals surface area contributed by atoms with Crippen LogP contribution < -0.4 is 4.74 Å². The van der Waals surface area contributed by atoms with Gasteiger partial charge in [0, 0.05) is 5.56 Å². The Labute approximate surface area is 138 Å². The summed E-state index contributed by atoms with van der Waals surface area (Å²) in [6.07, 6.45) is 3.99. The molecule has 0 saturated heterocycles. The van der Waals surface area contributed by atoms with Gasteiger partial charge in [-0.2, -0.15) is 0 Å². The van der Waals surface area contributed by atoms with E-state index in [1.807, 2.05) is 13.0 Å². The number of hydrogen-bond donors (Lipinski definition) is 1. The lowest BCUT2D eigenvalue weighted by atomic mass is 10.0. The van der Waals surface area contributed by atoms with Crippen LogP contribution in [0.4, 0.5) is 0 Å². The van der Waals surface area contributed by atoms with Crippen molar-refractivity contribution in [2.45, 2.75) is 32.3 Å². The number of nitrogens with zero attached hydrogens (tertiary/aromatic N) is 3. The van der Waals surface area contributed by atoms with Crippen LogP contribution in [0.25, 0.3) is 21.6 Å². The zero-order valence-electron chi connectivity index (χ0n) is 13.0. The van der Waals surface area contributed by atoms with E-state index >= 15 is 0 Å². The molecule has 0 amide bonds. The summed E-state index contributed by atoms with van der Waals surface area (Å²) >= 11 is 1.57. The molecule has 0 radical (unpaired) electrons. The first-order valence-electron chi connectivity index (χ1n) is 7.65. The molecule has 1 N–H and O–H groups in total. The van der Waals surface area contributed by atoms with Crippen molar-refractivity contribution in [2.24, 2.45) is 0 Å². The van der Waals surface area contributed by atoms with Gasteiger partial charge in [-0.05, 0) is 43.9 Å². The van der Waals surface area contributed by atoms with Crippen molar-refractivity contribution in [3.05, 3.63) is 34.5 Å². The maximum absolute atomic E-state index is 10.2. The number of aryl methyl sites for hydroxylation is 2. The Morgan fingerprint density at radius 1 is 1.30 bits per heavy atom. The van der Waals surface area contributed by atoms with Gasteiger partial charge < -0.3 is 9.84 Å². The summed E-state index contributed by atoms with van der Waals surface area (Å²) in [6.45, 7) is 2.03. The highest BCUT2D eigenvalue weighted by molar-refractivity contribution is 7.15. The maximum Gasteiger partial charge on any atom is 0.232 e. The molecule has 5 nitrogen and oxygen atoms in total. The van der Waals surface area contributed by atoms with Crippen molar-refractivity contribution in [1.29, 1.82) is 0 Å². The first-order chi connectivity index (χ1) is 11.2. The topological polar surface area (TPSA) is 68.1 Å². The summed E-state index contributed by atoms with van der Waals surface area (Å²) in [6, 6.07) is 4.08. The lowest BCUT2D eigenvalue weighted by Crippen LogP contribution is -2.06. The number of methoxy groups -OCH3 is 1. The largest absolute Gasteiger partial charge is 0.480 e. The summed E-state index contributed by atoms with van der Waals surface area (Å²) < 4.78 is 5.17. The van der Waals surface area contributed by atoms with Crippen molar-refractivity contribution in [3.8, 4) is 16.5 Å². The normalized spacial score (nSPS) is 17.3. The third kappa shape index (κ3) is 2.48. The second-order valence-electron chi connectivity index (χ2n) is 5.83. The Morgan fingerprint density at radius 3 is 2.96 bits per heavy atom. The Balaban J connectivity index is 1.91. The summed E-state index contributed by atoms with van der Waals surface area (Å²) in [5, 5.41) is 11.1. The number of aliphatic hydroxyl groups excluding tert-OH is 1. The molecule has 2 aromatic heterocycles. The molecule has 1 aliphatic carbocycles. The Bertz CT molecular complexity index is 891. The number of aromatic nitrogens is 3. The Hall–Kier alpha value is -2.05. The molecule has 1 aliphatic rings. The number of benzene rings is 1. The van der Waals surface area contributed by atoms with Gasteiger partial charge in [-0.25, -0.2) is 15.0 Å². The predicted octanol–water partition coefficient (Wildman–Crippen LogP) is 3.44. The zero-order valence-corrected chi connectivity index (χ0v) is 13.9. The van der Waals surface area contributed by atoms with E-state index in [0.717, 1.165) is 57.0 Å². The van der Waals surface area contributed by atoms with Gasteiger partial charge in [-0.3, -0.25) is 0 Å². The molecule has 0 fully saturated rings. The number of hydrogen-bond acceptors (Lipinski definition) is 6. The maximum atomic E-state index is 10.2. The lowest BCUT2D eigenvalue weighted by Gasteiger charge is -2.14. The quantitative estimate of drug-likeness (QED) is 0.781. The van der Waals surface area contributed by atoms with E-state index in [-0.39, 0.29) is 6.10 Å². The highest BCUT2D eigenvalue weighted by atomic mass is 32.1. The van der Waals surface area contributed by atoms with E-state index in [0.29, 0.717) is 5.88 Å². The zero-order chi connectivity index (χ0) is 16.0. The molecular weight excluding hydrogens is 310 g/mol. The van der Waals surface area contributed by atoms with Crippen LogP contribution in [-0.4, -0.2) is 27.2 Å². The molecule has 0 saturated carbocycles. The molecule has 2 heterocycles. The van der Waals surface area contributed by atoms with Crippen molar-refractivity contribution in [1.82, 2.24) is 15.0 Å². The third-order valence-electron chi connectivity index (χ3n) is 4.13. The van der Waals surface area contributed by atoms with Crippen LogP contribution in [0.15, 0.2) is 18.3 Å². The van der Waals surface area contributed by atoms with Gasteiger partial charge in [0.05, 0.1) is 41.0 Å². The summed E-state index contributed by atoms with van der Waals surface area (Å²) in [7, 11) is 1.59. The monoisotopic (exact) mass is 327 g/mol. The van der Waals surface area contributed by atoms with E-state index in [1.54, 1.807) is 24.6 Å². The van der Waals surface area contributed by atoms with Crippen molar-refractivity contribution < 1.29 is 9.84 Å². The summed E-state index contributed by atoms with van der Waals surface area (Å²) in [5.74, 6) is 0.503. The molecule has 0 bridgehead atoms. The number of rotatable bonds is 2. The number of ether oxygens (including phenoxy) is 1. The molecular formula is C17H17N3O2S. The highest BCUT2D eigenvalue weighted by Gasteiger charge is 2.24. The molecule has 3 aromatic rings. The average molecular weight is 327 g/mol. The van der Waals surface area contributed by atoms with E-state index in [2.05, 4.69) is 16.0 Å². The third-order valence-corrected chi connectivity index (χ3v) is 5.36. The SMILES string of the molecule is COc1cnc2c(-c3nc4c(s3)C(O)CCC4)cc(C)cc2n1.